The number of aliphatic hydroxyl groups is 1. The highest BCUT2D eigenvalue weighted by Gasteiger charge is 2.42. The molecule has 1 aliphatic rings. The fraction of sp³-hybridized carbons (Fsp3) is 0.500. The van der Waals surface area contributed by atoms with Crippen LogP contribution in [0.2, 0.25) is 0 Å². The topological polar surface area (TPSA) is 55.2 Å². The molecule has 12 heavy (non-hydrogen) atoms. The number of rotatable bonds is 2. The maximum Gasteiger partial charge on any atom is 0.141 e. The van der Waals surface area contributed by atoms with Gasteiger partial charge in [0.1, 0.15) is 5.82 Å². The average Bonchev–Trinajstić information content (AvgIpc) is 2.05. The maximum absolute atomic E-state index is 9.13. The molecule has 0 unspecified atom stereocenters. The monoisotopic (exact) mass is 166 g/mol. The van der Waals surface area contributed by atoms with Crippen LogP contribution in [0.4, 0.5) is 0 Å². The highest BCUT2D eigenvalue weighted by Crippen LogP contribution is 2.28. The summed E-state index contributed by atoms with van der Waals surface area (Å²) in [5, 5.41) is 9.13. The maximum atomic E-state index is 9.13. The lowest BCUT2D eigenvalue weighted by Crippen LogP contribution is -2.50. The molecule has 4 nitrogen and oxygen atoms in total. The minimum absolute atomic E-state index is 0.0526. The minimum Gasteiger partial charge on any atom is -0.395 e. The van der Waals surface area contributed by atoms with E-state index in [1.54, 1.807) is 18.5 Å². The first kappa shape index (κ1) is 7.64. The number of aliphatic hydroxyl groups excluding tert-OH is 1. The lowest BCUT2D eigenvalue weighted by Gasteiger charge is -2.37. The zero-order valence-corrected chi connectivity index (χ0v) is 6.60. The van der Waals surface area contributed by atoms with E-state index in [0.29, 0.717) is 19.0 Å². The Bertz CT molecular complexity index is 254. The van der Waals surface area contributed by atoms with Crippen LogP contribution < -0.4 is 0 Å². The van der Waals surface area contributed by atoms with Gasteiger partial charge in [-0.05, 0) is 6.07 Å². The fourth-order valence-electron chi connectivity index (χ4n) is 1.21. The van der Waals surface area contributed by atoms with E-state index in [1.165, 1.54) is 0 Å². The zero-order chi connectivity index (χ0) is 8.44. The van der Waals surface area contributed by atoms with Crippen molar-refractivity contribution in [1.82, 2.24) is 9.97 Å². The van der Waals surface area contributed by atoms with Gasteiger partial charge in [0.2, 0.25) is 0 Å². The molecule has 0 amide bonds. The summed E-state index contributed by atoms with van der Waals surface area (Å²) in [7, 11) is 0. The molecule has 0 spiro atoms. The van der Waals surface area contributed by atoms with Crippen molar-refractivity contribution >= 4 is 0 Å². The van der Waals surface area contributed by atoms with E-state index in [2.05, 4.69) is 9.97 Å². The second kappa shape index (κ2) is 2.80. The van der Waals surface area contributed by atoms with E-state index < -0.39 is 0 Å². The standard InChI is InChI=1S/C8H10N2O2/c11-4-8(5-12-6-8)7-9-2-1-3-10-7/h1-3,11H,4-6H2. The molecule has 1 N–H and O–H groups in total. The third-order valence-corrected chi connectivity index (χ3v) is 2.10. The SMILES string of the molecule is OCC1(c2ncccn2)COC1. The van der Waals surface area contributed by atoms with Crippen LogP contribution in [0.25, 0.3) is 0 Å². The van der Waals surface area contributed by atoms with Gasteiger partial charge in [-0.15, -0.1) is 0 Å². The molecule has 0 atom stereocenters. The predicted molar refractivity (Wildman–Crippen MR) is 41.6 cm³/mol. The predicted octanol–water partition coefficient (Wildman–Crippen LogP) is -0.263. The molecule has 64 valence electrons. The first-order chi connectivity index (χ1) is 5.87. The largest absolute Gasteiger partial charge is 0.395 e. The molecule has 1 aromatic rings. The van der Waals surface area contributed by atoms with Gasteiger partial charge in [-0.25, -0.2) is 9.97 Å². The van der Waals surface area contributed by atoms with Crippen LogP contribution in [0.15, 0.2) is 18.5 Å². The van der Waals surface area contributed by atoms with E-state index in [-0.39, 0.29) is 12.0 Å². The van der Waals surface area contributed by atoms with Crippen LogP contribution in [0.5, 0.6) is 0 Å². The third-order valence-electron chi connectivity index (χ3n) is 2.10. The number of hydrogen-bond donors (Lipinski definition) is 1. The van der Waals surface area contributed by atoms with Crippen LogP contribution in [0.3, 0.4) is 0 Å². The molecule has 2 heterocycles. The van der Waals surface area contributed by atoms with Gasteiger partial charge < -0.3 is 9.84 Å². The van der Waals surface area contributed by atoms with E-state index in [4.69, 9.17) is 9.84 Å². The molecule has 1 fully saturated rings. The average molecular weight is 166 g/mol. The highest BCUT2D eigenvalue weighted by atomic mass is 16.5. The van der Waals surface area contributed by atoms with Crippen molar-refractivity contribution in [2.75, 3.05) is 19.8 Å². The van der Waals surface area contributed by atoms with Crippen molar-refractivity contribution in [3.05, 3.63) is 24.3 Å². The smallest absolute Gasteiger partial charge is 0.141 e. The molecule has 0 bridgehead atoms. The Kier molecular flexibility index (Phi) is 1.78. The molecule has 0 aliphatic carbocycles. The lowest BCUT2D eigenvalue weighted by atomic mass is 9.86. The molecule has 1 saturated heterocycles. The van der Waals surface area contributed by atoms with E-state index in [1.807, 2.05) is 0 Å². The van der Waals surface area contributed by atoms with Crippen molar-refractivity contribution in [3.8, 4) is 0 Å². The summed E-state index contributed by atoms with van der Waals surface area (Å²) in [6, 6.07) is 1.76. The molecule has 0 aromatic carbocycles. The number of ether oxygens (including phenoxy) is 1. The molecule has 1 aromatic heterocycles. The van der Waals surface area contributed by atoms with Crippen molar-refractivity contribution in [2.45, 2.75) is 5.41 Å². The van der Waals surface area contributed by atoms with Crippen molar-refractivity contribution in [1.29, 1.82) is 0 Å². The molecule has 1 aliphatic heterocycles. The Hall–Kier alpha value is -1.00. The summed E-state index contributed by atoms with van der Waals surface area (Å²) in [6.45, 7) is 1.10. The van der Waals surface area contributed by atoms with Crippen LogP contribution >= 0.6 is 0 Å². The van der Waals surface area contributed by atoms with Gasteiger partial charge in [-0.2, -0.15) is 0 Å². The van der Waals surface area contributed by atoms with Gasteiger partial charge in [-0.3, -0.25) is 0 Å². The first-order valence-electron chi connectivity index (χ1n) is 3.83. The molecule has 0 saturated carbocycles. The van der Waals surface area contributed by atoms with E-state index in [0.717, 1.165) is 0 Å². The van der Waals surface area contributed by atoms with Gasteiger partial charge in [0.15, 0.2) is 0 Å². The Labute approximate surface area is 70.2 Å². The quantitative estimate of drug-likeness (QED) is 0.657. The summed E-state index contributed by atoms with van der Waals surface area (Å²) >= 11 is 0. The highest BCUT2D eigenvalue weighted by molar-refractivity contribution is 5.12. The summed E-state index contributed by atoms with van der Waals surface area (Å²) < 4.78 is 5.04. The van der Waals surface area contributed by atoms with Crippen LogP contribution in [-0.4, -0.2) is 34.9 Å². The summed E-state index contributed by atoms with van der Waals surface area (Å²) in [6.07, 6.45) is 3.36. The molecule has 0 radical (unpaired) electrons. The fourth-order valence-corrected chi connectivity index (χ4v) is 1.21. The van der Waals surface area contributed by atoms with E-state index in [9.17, 15) is 0 Å². The Morgan fingerprint density at radius 2 is 2.08 bits per heavy atom. The molecule has 4 heteroatoms. The van der Waals surface area contributed by atoms with Gasteiger partial charge in [0.05, 0.1) is 25.2 Å². The van der Waals surface area contributed by atoms with Crippen molar-refractivity contribution in [3.63, 3.8) is 0 Å². The van der Waals surface area contributed by atoms with Gasteiger partial charge in [-0.1, -0.05) is 0 Å². The van der Waals surface area contributed by atoms with Crippen LogP contribution in [0, 0.1) is 0 Å². The Morgan fingerprint density at radius 1 is 1.42 bits per heavy atom. The van der Waals surface area contributed by atoms with E-state index >= 15 is 0 Å². The molecule has 2 rings (SSSR count). The number of hydrogen-bond acceptors (Lipinski definition) is 4. The van der Waals surface area contributed by atoms with Crippen LogP contribution in [0.1, 0.15) is 5.82 Å². The van der Waals surface area contributed by atoms with Crippen LogP contribution in [-0.2, 0) is 10.2 Å². The second-order valence-corrected chi connectivity index (χ2v) is 3.00. The summed E-state index contributed by atoms with van der Waals surface area (Å²) in [5.41, 5.74) is -0.332. The molecular formula is C8H10N2O2. The zero-order valence-electron chi connectivity index (χ0n) is 6.60. The van der Waals surface area contributed by atoms with Gasteiger partial charge >= 0.3 is 0 Å². The number of nitrogens with zero attached hydrogens (tertiary/aromatic N) is 2. The van der Waals surface area contributed by atoms with Gasteiger partial charge in [0.25, 0.3) is 0 Å². The second-order valence-electron chi connectivity index (χ2n) is 3.00. The normalized spacial score (nSPS) is 20.1. The van der Waals surface area contributed by atoms with Crippen molar-refractivity contribution in [2.24, 2.45) is 0 Å². The van der Waals surface area contributed by atoms with Crippen molar-refractivity contribution < 1.29 is 9.84 Å². The Balaban J connectivity index is 2.28. The third kappa shape index (κ3) is 1.00. The summed E-state index contributed by atoms with van der Waals surface area (Å²) in [4.78, 5) is 8.19. The van der Waals surface area contributed by atoms with Gasteiger partial charge in [0, 0.05) is 12.4 Å². The molecular weight excluding hydrogens is 156 g/mol. The Morgan fingerprint density at radius 3 is 2.50 bits per heavy atom. The number of aromatic nitrogens is 2. The summed E-state index contributed by atoms with van der Waals surface area (Å²) in [5.74, 6) is 0.679. The first-order valence-corrected chi connectivity index (χ1v) is 3.83. The lowest BCUT2D eigenvalue weighted by molar-refractivity contribution is -0.0884. The minimum atomic E-state index is -0.332.